The maximum absolute atomic E-state index is 12.7. The maximum Gasteiger partial charge on any atom is 0.433 e. The summed E-state index contributed by atoms with van der Waals surface area (Å²) in [4.78, 5) is 14.3. The average molecular weight is 381 g/mol. The zero-order valence-electron chi connectivity index (χ0n) is 8.69. The minimum absolute atomic E-state index is 0.152. The summed E-state index contributed by atoms with van der Waals surface area (Å²) in [5.74, 6) is -1.16. The first-order valence-corrected chi connectivity index (χ1v) is 5.40. The molecule has 0 spiro atoms. The summed E-state index contributed by atoms with van der Waals surface area (Å²) >= 11 is 1.28. The van der Waals surface area contributed by atoms with Gasteiger partial charge in [0.15, 0.2) is 0 Å². The molecule has 0 saturated heterocycles. The van der Waals surface area contributed by atoms with Crippen molar-refractivity contribution in [3.05, 3.63) is 26.6 Å². The van der Waals surface area contributed by atoms with Crippen LogP contribution in [-0.4, -0.2) is 18.1 Å². The summed E-state index contributed by atoms with van der Waals surface area (Å²) in [6, 6.07) is 0.152. The van der Waals surface area contributed by atoms with Crippen molar-refractivity contribution in [3.63, 3.8) is 0 Å². The number of alkyl halides is 5. The summed E-state index contributed by atoms with van der Waals surface area (Å²) in [5, 5.41) is 0. The van der Waals surface area contributed by atoms with Crippen LogP contribution in [0.4, 0.5) is 22.0 Å². The van der Waals surface area contributed by atoms with E-state index in [1.54, 1.807) is 0 Å². The Bertz CT molecular complexity index is 475. The van der Waals surface area contributed by atoms with Gasteiger partial charge in [-0.3, -0.25) is 0 Å². The van der Waals surface area contributed by atoms with Crippen molar-refractivity contribution < 1.29 is 31.5 Å². The van der Waals surface area contributed by atoms with Crippen molar-refractivity contribution in [1.82, 2.24) is 4.98 Å². The number of carbonyl (C=O) groups excluding carboxylic acids is 1. The fourth-order valence-electron chi connectivity index (χ4n) is 1.15. The number of nitrogens with zero attached hydrogens (tertiary/aromatic N) is 1. The summed E-state index contributed by atoms with van der Waals surface area (Å²) in [7, 11) is 0.936. The number of esters is 1. The first-order valence-electron chi connectivity index (χ1n) is 4.32. The monoisotopic (exact) mass is 381 g/mol. The lowest BCUT2D eigenvalue weighted by Crippen LogP contribution is -2.16. The van der Waals surface area contributed by atoms with Gasteiger partial charge in [-0.1, -0.05) is 0 Å². The van der Waals surface area contributed by atoms with E-state index in [1.165, 1.54) is 22.6 Å². The average Bonchev–Trinajstić information content (AvgIpc) is 2.25. The second-order valence-corrected chi connectivity index (χ2v) is 4.07. The molecule has 1 aromatic rings. The Hall–Kier alpha value is -1.00. The van der Waals surface area contributed by atoms with Gasteiger partial charge >= 0.3 is 12.1 Å². The zero-order chi connectivity index (χ0) is 14.1. The van der Waals surface area contributed by atoms with E-state index in [0.717, 1.165) is 7.11 Å². The minimum atomic E-state index is -4.86. The van der Waals surface area contributed by atoms with Gasteiger partial charge in [-0.25, -0.2) is 18.6 Å². The number of aromatic nitrogens is 1. The lowest BCUT2D eigenvalue weighted by molar-refractivity contribution is -0.141. The number of methoxy groups -OCH3 is 1. The van der Waals surface area contributed by atoms with E-state index in [9.17, 15) is 26.7 Å². The quantitative estimate of drug-likeness (QED) is 0.341. The Balaban J connectivity index is 3.51. The Kier molecular flexibility index (Phi) is 4.46. The molecule has 1 aromatic heterocycles. The van der Waals surface area contributed by atoms with E-state index in [-0.39, 0.29) is 6.07 Å². The van der Waals surface area contributed by atoms with Gasteiger partial charge in [0.1, 0.15) is 15.0 Å². The summed E-state index contributed by atoms with van der Waals surface area (Å²) in [6.45, 7) is 0. The van der Waals surface area contributed by atoms with Gasteiger partial charge in [0.05, 0.1) is 7.11 Å². The molecular weight excluding hydrogens is 376 g/mol. The van der Waals surface area contributed by atoms with Crippen LogP contribution in [0, 0.1) is 3.70 Å². The number of pyridine rings is 1. The third kappa shape index (κ3) is 3.06. The number of rotatable bonds is 2. The Morgan fingerprint density at radius 3 is 2.39 bits per heavy atom. The van der Waals surface area contributed by atoms with Crippen LogP contribution < -0.4 is 0 Å². The highest BCUT2D eigenvalue weighted by Crippen LogP contribution is 2.34. The van der Waals surface area contributed by atoms with Gasteiger partial charge in [-0.05, 0) is 28.7 Å². The topological polar surface area (TPSA) is 39.2 Å². The molecule has 0 radical (unpaired) electrons. The maximum atomic E-state index is 12.7. The highest BCUT2D eigenvalue weighted by atomic mass is 127. The van der Waals surface area contributed by atoms with E-state index in [2.05, 4.69) is 9.72 Å². The third-order valence-corrected chi connectivity index (χ3v) is 2.70. The van der Waals surface area contributed by atoms with Crippen molar-refractivity contribution >= 4 is 28.6 Å². The fourth-order valence-corrected chi connectivity index (χ4v) is 1.95. The Labute approximate surface area is 111 Å². The molecule has 0 aliphatic rings. The molecule has 0 saturated carbocycles. The highest BCUT2D eigenvalue weighted by molar-refractivity contribution is 14.1. The van der Waals surface area contributed by atoms with Crippen molar-refractivity contribution in [2.75, 3.05) is 7.11 Å². The SMILES string of the molecule is COC(=O)c1c(C(F)F)cc(C(F)(F)F)nc1I. The van der Waals surface area contributed by atoms with E-state index < -0.39 is 39.1 Å². The van der Waals surface area contributed by atoms with E-state index in [0.29, 0.717) is 0 Å². The molecule has 0 atom stereocenters. The molecule has 1 rings (SSSR count). The molecule has 1 heterocycles. The van der Waals surface area contributed by atoms with Crippen molar-refractivity contribution in [1.29, 1.82) is 0 Å². The first kappa shape index (κ1) is 15.1. The minimum Gasteiger partial charge on any atom is -0.465 e. The van der Waals surface area contributed by atoms with Gasteiger partial charge in [0, 0.05) is 5.56 Å². The van der Waals surface area contributed by atoms with Gasteiger partial charge < -0.3 is 4.74 Å². The van der Waals surface area contributed by atoms with Crippen molar-refractivity contribution in [2.45, 2.75) is 12.6 Å². The molecule has 0 aliphatic heterocycles. The van der Waals surface area contributed by atoms with Crippen LogP contribution >= 0.6 is 22.6 Å². The number of halogens is 6. The van der Waals surface area contributed by atoms with E-state index in [4.69, 9.17) is 0 Å². The standard InChI is InChI=1S/C9H5F5INO2/c1-18-8(17)5-3(6(10)11)2-4(9(12,13)14)16-7(5)15/h2,6H,1H3. The van der Waals surface area contributed by atoms with E-state index in [1.807, 2.05) is 0 Å². The third-order valence-electron chi connectivity index (χ3n) is 1.92. The molecule has 0 unspecified atom stereocenters. The molecule has 0 aliphatic carbocycles. The Morgan fingerprint density at radius 2 is 2.00 bits per heavy atom. The van der Waals surface area contributed by atoms with Crippen molar-refractivity contribution in [3.8, 4) is 0 Å². The predicted molar refractivity (Wildman–Crippen MR) is 58.3 cm³/mol. The normalized spacial score (nSPS) is 11.8. The van der Waals surface area contributed by atoms with Crippen LogP contribution in [0.5, 0.6) is 0 Å². The summed E-state index contributed by atoms with van der Waals surface area (Å²) in [5.41, 5.74) is -3.18. The van der Waals surface area contributed by atoms with Crippen LogP contribution in [0.15, 0.2) is 6.07 Å². The van der Waals surface area contributed by atoms with Gasteiger partial charge in [0.2, 0.25) is 0 Å². The van der Waals surface area contributed by atoms with Crippen LogP contribution in [0.3, 0.4) is 0 Å². The first-order chi connectivity index (χ1) is 8.18. The second kappa shape index (κ2) is 5.33. The molecule has 0 bridgehead atoms. The number of hydrogen-bond acceptors (Lipinski definition) is 3. The predicted octanol–water partition coefficient (Wildman–Crippen LogP) is 3.43. The number of hydrogen-bond donors (Lipinski definition) is 0. The number of ether oxygens (including phenoxy) is 1. The van der Waals surface area contributed by atoms with Crippen LogP contribution in [0.25, 0.3) is 0 Å². The molecule has 0 aromatic carbocycles. The van der Waals surface area contributed by atoms with Crippen molar-refractivity contribution in [2.24, 2.45) is 0 Å². The molecule has 9 heteroatoms. The summed E-state index contributed by atoms with van der Waals surface area (Å²) < 4.78 is 66.3. The molecule has 0 N–H and O–H groups in total. The van der Waals surface area contributed by atoms with Crippen LogP contribution in [0.1, 0.15) is 28.0 Å². The van der Waals surface area contributed by atoms with Gasteiger partial charge in [-0.2, -0.15) is 13.2 Å². The summed E-state index contributed by atoms with van der Waals surface area (Å²) in [6.07, 6.45) is -8.10. The molecule has 0 fully saturated rings. The number of carbonyl (C=O) groups is 1. The lowest BCUT2D eigenvalue weighted by atomic mass is 10.1. The molecule has 0 amide bonds. The molecule has 100 valence electrons. The second-order valence-electron chi connectivity index (χ2n) is 3.05. The van der Waals surface area contributed by atoms with Gasteiger partial charge in [-0.15, -0.1) is 0 Å². The van der Waals surface area contributed by atoms with Gasteiger partial charge in [0.25, 0.3) is 6.43 Å². The zero-order valence-corrected chi connectivity index (χ0v) is 10.8. The molecular formula is C9H5F5INO2. The van der Waals surface area contributed by atoms with Crippen LogP contribution in [0.2, 0.25) is 0 Å². The molecule has 3 nitrogen and oxygen atoms in total. The van der Waals surface area contributed by atoms with Crippen LogP contribution in [-0.2, 0) is 10.9 Å². The largest absolute Gasteiger partial charge is 0.465 e. The molecule has 18 heavy (non-hydrogen) atoms. The van der Waals surface area contributed by atoms with E-state index >= 15 is 0 Å². The smallest absolute Gasteiger partial charge is 0.433 e. The fraction of sp³-hybridized carbons (Fsp3) is 0.333. The lowest BCUT2D eigenvalue weighted by Gasteiger charge is -2.12. The highest BCUT2D eigenvalue weighted by Gasteiger charge is 2.36. The Morgan fingerprint density at radius 1 is 1.44 bits per heavy atom.